The van der Waals surface area contributed by atoms with Crippen LogP contribution < -0.4 is 4.89 Å². The maximum atomic E-state index is 12.7. The van der Waals surface area contributed by atoms with Gasteiger partial charge in [0.2, 0.25) is 0 Å². The van der Waals surface area contributed by atoms with Gasteiger partial charge in [-0.3, -0.25) is 14.2 Å². The third kappa shape index (κ3) is 43.5. The second-order valence-corrected chi connectivity index (χ2v) is 18.2. The molecule has 0 aliphatic heterocycles. The number of nitrogens with zero attached hydrogens (tertiary/aromatic N) is 1. The monoisotopic (exact) mass is 838 g/mol. The van der Waals surface area contributed by atoms with Gasteiger partial charge in [-0.2, -0.15) is 0 Å². The molecule has 0 spiro atoms. The standard InChI is InChI=1S/C48H88NO8P/c1-6-8-10-12-14-16-18-20-22-24-26-28-30-32-34-36-38-40-47(50)54-44-46(45-56-58(52,53)55-43-42-49(3,4)5)57-48(51)41-39-37-35-33-31-29-27-25-23-21-19-17-15-13-11-9-7-2/h16,18,21,23,27,29,33,35,46H,6-15,17,19-20,22,24-26,28,30-32,34,36-45H2,1-5H3/b18-16+,23-21+,29-27+,35-33+/t46-/m1/s1. The van der Waals surface area contributed by atoms with Gasteiger partial charge in [0.15, 0.2) is 6.10 Å². The van der Waals surface area contributed by atoms with Crippen LogP contribution in [0, 0.1) is 0 Å². The van der Waals surface area contributed by atoms with Gasteiger partial charge in [-0.1, -0.05) is 159 Å². The molecule has 0 aromatic heterocycles. The van der Waals surface area contributed by atoms with Gasteiger partial charge in [0.05, 0.1) is 27.7 Å². The molecule has 0 fully saturated rings. The van der Waals surface area contributed by atoms with Crippen LogP contribution in [0.1, 0.15) is 194 Å². The minimum absolute atomic E-state index is 0.0411. The highest BCUT2D eigenvalue weighted by Gasteiger charge is 2.21. The first-order valence-corrected chi connectivity index (χ1v) is 24.8. The van der Waals surface area contributed by atoms with E-state index in [1.807, 2.05) is 27.2 Å². The third-order valence-electron chi connectivity index (χ3n) is 9.82. The van der Waals surface area contributed by atoms with Crippen LogP contribution in [0.15, 0.2) is 48.6 Å². The second kappa shape index (κ2) is 40.4. The van der Waals surface area contributed by atoms with Gasteiger partial charge in [-0.05, 0) is 70.6 Å². The van der Waals surface area contributed by atoms with E-state index in [9.17, 15) is 19.0 Å². The van der Waals surface area contributed by atoms with Crippen molar-refractivity contribution in [1.82, 2.24) is 0 Å². The molecule has 1 unspecified atom stereocenters. The van der Waals surface area contributed by atoms with Crippen LogP contribution >= 0.6 is 7.82 Å². The predicted molar refractivity (Wildman–Crippen MR) is 240 cm³/mol. The molecule has 10 heteroatoms. The number of hydrogen-bond donors (Lipinski definition) is 0. The summed E-state index contributed by atoms with van der Waals surface area (Å²) in [5, 5.41) is 0. The summed E-state index contributed by atoms with van der Waals surface area (Å²) in [6.07, 6.45) is 47.1. The van der Waals surface area contributed by atoms with Crippen molar-refractivity contribution < 1.29 is 42.1 Å². The molecule has 0 N–H and O–H groups in total. The molecule has 0 bridgehead atoms. The molecule has 0 rings (SSSR count). The van der Waals surface area contributed by atoms with Crippen LogP contribution in [0.4, 0.5) is 0 Å². The van der Waals surface area contributed by atoms with Gasteiger partial charge >= 0.3 is 11.9 Å². The number of unbranched alkanes of at least 4 members (excludes halogenated alkanes) is 20. The van der Waals surface area contributed by atoms with E-state index in [1.54, 1.807) is 0 Å². The normalized spacial score (nSPS) is 14.0. The number of ether oxygens (including phenoxy) is 2. The fourth-order valence-electron chi connectivity index (χ4n) is 6.14. The van der Waals surface area contributed by atoms with Crippen LogP contribution in [0.3, 0.4) is 0 Å². The molecular weight excluding hydrogens is 750 g/mol. The summed E-state index contributed by atoms with van der Waals surface area (Å²) in [6.45, 7) is 4.15. The minimum Gasteiger partial charge on any atom is -0.756 e. The minimum atomic E-state index is -4.64. The molecule has 0 aliphatic carbocycles. The molecular formula is C48H88NO8P. The summed E-state index contributed by atoms with van der Waals surface area (Å²) in [4.78, 5) is 37.6. The largest absolute Gasteiger partial charge is 0.756 e. The Morgan fingerprint density at radius 3 is 1.47 bits per heavy atom. The lowest BCUT2D eigenvalue weighted by Gasteiger charge is -2.28. The maximum Gasteiger partial charge on any atom is 0.306 e. The summed E-state index contributed by atoms with van der Waals surface area (Å²) in [5.41, 5.74) is 0. The highest BCUT2D eigenvalue weighted by atomic mass is 31.2. The van der Waals surface area contributed by atoms with Crippen molar-refractivity contribution in [1.29, 1.82) is 0 Å². The molecule has 0 amide bonds. The molecule has 0 aromatic rings. The Balaban J connectivity index is 4.40. The van der Waals surface area contributed by atoms with Gasteiger partial charge in [0, 0.05) is 12.8 Å². The number of rotatable bonds is 42. The summed E-state index contributed by atoms with van der Waals surface area (Å²) >= 11 is 0. The van der Waals surface area contributed by atoms with E-state index in [0.717, 1.165) is 44.9 Å². The molecule has 0 aliphatic rings. The number of hydrogen-bond acceptors (Lipinski definition) is 8. The van der Waals surface area contributed by atoms with Gasteiger partial charge < -0.3 is 27.9 Å². The highest BCUT2D eigenvalue weighted by Crippen LogP contribution is 2.38. The average Bonchev–Trinajstić information content (AvgIpc) is 3.17. The molecule has 0 aromatic carbocycles. The Morgan fingerprint density at radius 1 is 0.534 bits per heavy atom. The highest BCUT2D eigenvalue weighted by molar-refractivity contribution is 7.45. The van der Waals surface area contributed by atoms with E-state index in [4.69, 9.17) is 18.5 Å². The van der Waals surface area contributed by atoms with E-state index < -0.39 is 32.5 Å². The van der Waals surface area contributed by atoms with E-state index >= 15 is 0 Å². The molecule has 0 saturated carbocycles. The van der Waals surface area contributed by atoms with Crippen molar-refractivity contribution in [2.45, 2.75) is 200 Å². The smallest absolute Gasteiger partial charge is 0.306 e. The molecule has 58 heavy (non-hydrogen) atoms. The number of carbonyl (C=O) groups excluding carboxylic acids is 2. The van der Waals surface area contributed by atoms with E-state index in [2.05, 4.69) is 56.4 Å². The fraction of sp³-hybridized carbons (Fsp3) is 0.792. The predicted octanol–water partition coefficient (Wildman–Crippen LogP) is 12.8. The Kier molecular flexibility index (Phi) is 39.0. The van der Waals surface area contributed by atoms with Crippen molar-refractivity contribution in [2.75, 3.05) is 47.5 Å². The zero-order valence-corrected chi connectivity index (χ0v) is 38.9. The summed E-state index contributed by atoms with van der Waals surface area (Å²) in [7, 11) is 1.13. The van der Waals surface area contributed by atoms with Crippen molar-refractivity contribution in [3.8, 4) is 0 Å². The van der Waals surface area contributed by atoms with Gasteiger partial charge in [-0.25, -0.2) is 0 Å². The Bertz CT molecular complexity index is 1130. The van der Waals surface area contributed by atoms with Crippen LogP contribution in [0.2, 0.25) is 0 Å². The molecule has 2 atom stereocenters. The number of likely N-dealkylation sites (N-methyl/N-ethyl adjacent to an activating group) is 1. The number of phosphoric ester groups is 1. The maximum absolute atomic E-state index is 12.7. The SMILES string of the molecule is CCCCCC/C=C/CCCCCCCCCCCC(=O)OC[C@H](COP(=O)([O-])OCC[N+](C)(C)C)OC(=O)CCC/C=C/C/C=C/C/C=C/CCCCCCCC. The van der Waals surface area contributed by atoms with Crippen molar-refractivity contribution in [3.63, 3.8) is 0 Å². The Morgan fingerprint density at radius 2 is 0.948 bits per heavy atom. The van der Waals surface area contributed by atoms with Gasteiger partial charge in [0.1, 0.15) is 19.8 Å². The lowest BCUT2D eigenvalue weighted by molar-refractivity contribution is -0.870. The molecule has 338 valence electrons. The van der Waals surface area contributed by atoms with E-state index in [0.29, 0.717) is 23.9 Å². The fourth-order valence-corrected chi connectivity index (χ4v) is 6.86. The van der Waals surface area contributed by atoms with Crippen molar-refractivity contribution in [3.05, 3.63) is 48.6 Å². The summed E-state index contributed by atoms with van der Waals surface area (Å²) < 4.78 is 33.9. The number of quaternary nitrogens is 1. The number of carbonyl (C=O) groups is 2. The quantitative estimate of drug-likeness (QED) is 0.0196. The third-order valence-corrected chi connectivity index (χ3v) is 10.8. The van der Waals surface area contributed by atoms with Crippen molar-refractivity contribution in [2.24, 2.45) is 0 Å². The first-order chi connectivity index (χ1) is 28.0. The molecule has 9 nitrogen and oxygen atoms in total. The lowest BCUT2D eigenvalue weighted by atomic mass is 10.1. The molecule has 0 heterocycles. The van der Waals surface area contributed by atoms with Crippen LogP contribution in [0.25, 0.3) is 0 Å². The first-order valence-electron chi connectivity index (χ1n) is 23.3. The van der Waals surface area contributed by atoms with Gasteiger partial charge in [-0.15, -0.1) is 0 Å². The second-order valence-electron chi connectivity index (χ2n) is 16.8. The Labute approximate surface area is 356 Å². The zero-order chi connectivity index (χ0) is 42.8. The number of esters is 2. The summed E-state index contributed by atoms with van der Waals surface area (Å²) in [6, 6.07) is 0. The number of allylic oxidation sites excluding steroid dienone is 8. The van der Waals surface area contributed by atoms with Crippen LogP contribution in [0.5, 0.6) is 0 Å². The van der Waals surface area contributed by atoms with Crippen molar-refractivity contribution >= 4 is 19.8 Å². The molecule has 0 radical (unpaired) electrons. The zero-order valence-electron chi connectivity index (χ0n) is 38.0. The average molecular weight is 838 g/mol. The Hall–Kier alpha value is -2.03. The summed E-state index contributed by atoms with van der Waals surface area (Å²) in [5.74, 6) is -0.897. The van der Waals surface area contributed by atoms with Crippen LogP contribution in [-0.4, -0.2) is 70.0 Å². The van der Waals surface area contributed by atoms with Crippen LogP contribution in [-0.2, 0) is 32.7 Å². The lowest BCUT2D eigenvalue weighted by Crippen LogP contribution is -2.37. The number of phosphoric acid groups is 1. The van der Waals surface area contributed by atoms with E-state index in [1.165, 1.54) is 109 Å². The van der Waals surface area contributed by atoms with E-state index in [-0.39, 0.29) is 26.1 Å². The van der Waals surface area contributed by atoms with Gasteiger partial charge in [0.25, 0.3) is 7.82 Å². The molecule has 0 saturated heterocycles. The first kappa shape index (κ1) is 56.0. The topological polar surface area (TPSA) is 111 Å².